The molecule has 0 aliphatic heterocycles. The highest BCUT2D eigenvalue weighted by molar-refractivity contribution is 7.53. The molecule has 0 bridgehead atoms. The zero-order valence-corrected chi connectivity index (χ0v) is 14.7. The zero-order valence-electron chi connectivity index (χ0n) is 12.2. The second-order valence-corrected chi connectivity index (χ2v) is 8.49. The largest absolute Gasteiger partial charge is 0.335 e. The lowest BCUT2D eigenvalue weighted by molar-refractivity contribution is 0.219. The van der Waals surface area contributed by atoms with Crippen molar-refractivity contribution in [3.8, 4) is 0 Å². The summed E-state index contributed by atoms with van der Waals surface area (Å²) < 4.78 is 23.1. The monoisotopic (exact) mass is 342 g/mol. The van der Waals surface area contributed by atoms with Crippen LogP contribution in [0.25, 0.3) is 12.2 Å². The van der Waals surface area contributed by atoms with Gasteiger partial charge in [0.2, 0.25) is 0 Å². The SMILES string of the molecule is CCOP(=O)(Cc1ccc(/C=C/c2cccs2)s1)OCC. The molecule has 0 aliphatic carbocycles. The molecule has 0 saturated heterocycles. The molecular weight excluding hydrogens is 323 g/mol. The van der Waals surface area contributed by atoms with Gasteiger partial charge >= 0.3 is 7.60 Å². The van der Waals surface area contributed by atoms with Crippen LogP contribution in [0.3, 0.4) is 0 Å². The predicted octanol–water partition coefficient (Wildman–Crippen LogP) is 5.75. The minimum absolute atomic E-state index is 0.339. The Morgan fingerprint density at radius 1 is 1.10 bits per heavy atom. The van der Waals surface area contributed by atoms with E-state index < -0.39 is 7.60 Å². The van der Waals surface area contributed by atoms with Gasteiger partial charge in [0.15, 0.2) is 0 Å². The van der Waals surface area contributed by atoms with Crippen molar-refractivity contribution >= 4 is 42.4 Å². The van der Waals surface area contributed by atoms with Crippen molar-refractivity contribution in [2.24, 2.45) is 0 Å². The summed E-state index contributed by atoms with van der Waals surface area (Å²) in [4.78, 5) is 3.38. The van der Waals surface area contributed by atoms with Gasteiger partial charge in [-0.05, 0) is 49.6 Å². The molecule has 0 fully saturated rings. The van der Waals surface area contributed by atoms with Crippen LogP contribution >= 0.6 is 30.3 Å². The van der Waals surface area contributed by atoms with E-state index in [4.69, 9.17) is 9.05 Å². The Labute approximate surface area is 133 Å². The quantitative estimate of drug-likeness (QED) is 0.573. The maximum atomic E-state index is 12.5. The van der Waals surface area contributed by atoms with Gasteiger partial charge in [0, 0.05) is 14.6 Å². The van der Waals surface area contributed by atoms with Crippen molar-refractivity contribution in [2.75, 3.05) is 13.2 Å². The predicted molar refractivity (Wildman–Crippen MR) is 92.1 cm³/mol. The molecule has 0 spiro atoms. The van der Waals surface area contributed by atoms with Crippen LogP contribution < -0.4 is 0 Å². The van der Waals surface area contributed by atoms with Gasteiger partial charge in [-0.15, -0.1) is 22.7 Å². The Morgan fingerprint density at radius 3 is 2.43 bits per heavy atom. The van der Waals surface area contributed by atoms with E-state index in [9.17, 15) is 4.57 Å². The highest BCUT2D eigenvalue weighted by Gasteiger charge is 2.24. The lowest BCUT2D eigenvalue weighted by atomic mass is 10.3. The maximum Gasteiger partial charge on any atom is 0.335 e. The Morgan fingerprint density at radius 2 is 1.81 bits per heavy atom. The summed E-state index contributed by atoms with van der Waals surface area (Å²) in [5, 5.41) is 2.06. The van der Waals surface area contributed by atoms with E-state index in [-0.39, 0.29) is 0 Å². The molecule has 2 aromatic rings. The van der Waals surface area contributed by atoms with Gasteiger partial charge < -0.3 is 9.05 Å². The van der Waals surface area contributed by atoms with Crippen LogP contribution in [0, 0.1) is 0 Å². The van der Waals surface area contributed by atoms with Crippen molar-refractivity contribution < 1.29 is 13.6 Å². The molecule has 0 aliphatic rings. The van der Waals surface area contributed by atoms with Gasteiger partial charge in [0.05, 0.1) is 19.4 Å². The van der Waals surface area contributed by atoms with Gasteiger partial charge in [0.25, 0.3) is 0 Å². The first kappa shape index (κ1) is 16.7. The number of hydrogen-bond donors (Lipinski definition) is 0. The molecule has 21 heavy (non-hydrogen) atoms. The first-order chi connectivity index (χ1) is 10.1. The topological polar surface area (TPSA) is 35.5 Å². The number of thiophene rings is 2. The summed E-state index contributed by atoms with van der Waals surface area (Å²) in [5.74, 6) is 0. The molecule has 2 heterocycles. The number of rotatable bonds is 8. The summed E-state index contributed by atoms with van der Waals surface area (Å²) in [6.07, 6.45) is 4.50. The van der Waals surface area contributed by atoms with E-state index in [1.165, 1.54) is 4.88 Å². The van der Waals surface area contributed by atoms with Gasteiger partial charge in [-0.2, -0.15) is 0 Å². The molecule has 2 aromatic heterocycles. The molecule has 0 radical (unpaired) electrons. The second-order valence-electron chi connectivity index (χ2n) is 4.26. The van der Waals surface area contributed by atoms with Gasteiger partial charge in [-0.3, -0.25) is 4.57 Å². The molecule has 0 atom stereocenters. The standard InChI is InChI=1S/C15H19O3PS2/c1-3-17-19(16,18-4-2)12-15-10-9-14(21-15)8-7-13-6-5-11-20-13/h5-11H,3-4,12H2,1-2H3/b8-7+. The smallest absolute Gasteiger partial charge is 0.309 e. The average Bonchev–Trinajstić information content (AvgIpc) is 3.08. The maximum absolute atomic E-state index is 12.5. The van der Waals surface area contributed by atoms with Gasteiger partial charge in [-0.1, -0.05) is 6.07 Å². The van der Waals surface area contributed by atoms with Crippen LogP contribution in [-0.4, -0.2) is 13.2 Å². The summed E-state index contributed by atoms with van der Waals surface area (Å²) >= 11 is 3.32. The van der Waals surface area contributed by atoms with Crippen molar-refractivity contribution in [3.05, 3.63) is 44.3 Å². The fraction of sp³-hybridized carbons (Fsp3) is 0.333. The van der Waals surface area contributed by atoms with Gasteiger partial charge in [0.1, 0.15) is 0 Å². The molecule has 0 saturated carbocycles. The molecule has 0 unspecified atom stereocenters. The van der Waals surface area contributed by atoms with Crippen LogP contribution in [0.2, 0.25) is 0 Å². The summed E-state index contributed by atoms with van der Waals surface area (Å²) in [7, 11) is -3.01. The first-order valence-electron chi connectivity index (χ1n) is 6.83. The Bertz CT molecular complexity index is 607. The van der Waals surface area contributed by atoms with E-state index in [1.807, 2.05) is 32.0 Å². The number of hydrogen-bond acceptors (Lipinski definition) is 5. The van der Waals surface area contributed by atoms with E-state index in [1.54, 1.807) is 22.7 Å². The van der Waals surface area contributed by atoms with Gasteiger partial charge in [-0.25, -0.2) is 0 Å². The highest BCUT2D eigenvalue weighted by Crippen LogP contribution is 2.52. The minimum atomic E-state index is -3.01. The lowest BCUT2D eigenvalue weighted by Crippen LogP contribution is -1.97. The van der Waals surface area contributed by atoms with Crippen molar-refractivity contribution in [2.45, 2.75) is 20.0 Å². The zero-order chi connectivity index (χ0) is 15.1. The molecular formula is C15H19O3PS2. The molecule has 6 heteroatoms. The average molecular weight is 342 g/mol. The van der Waals surface area contributed by atoms with E-state index in [2.05, 4.69) is 23.6 Å². The molecule has 2 rings (SSSR count). The summed E-state index contributed by atoms with van der Waals surface area (Å²) in [5.41, 5.74) is 0. The second kappa shape index (κ2) is 8.06. The Balaban J connectivity index is 2.03. The van der Waals surface area contributed by atoms with Crippen LogP contribution in [0.4, 0.5) is 0 Å². The third kappa shape index (κ3) is 5.20. The van der Waals surface area contributed by atoms with Crippen molar-refractivity contribution in [3.63, 3.8) is 0 Å². The van der Waals surface area contributed by atoms with Crippen LogP contribution in [-0.2, 0) is 19.8 Å². The first-order valence-corrected chi connectivity index (χ1v) is 10.3. The summed E-state index contributed by atoms with van der Waals surface area (Å²) in [6.45, 7) is 4.45. The minimum Gasteiger partial charge on any atom is -0.309 e. The molecule has 0 N–H and O–H groups in total. The third-order valence-electron chi connectivity index (χ3n) is 2.64. The highest BCUT2D eigenvalue weighted by atomic mass is 32.1. The Kier molecular flexibility index (Phi) is 6.40. The van der Waals surface area contributed by atoms with E-state index in [0.29, 0.717) is 19.4 Å². The molecule has 114 valence electrons. The third-order valence-corrected chi connectivity index (χ3v) is 6.77. The molecule has 0 aromatic carbocycles. The van der Waals surface area contributed by atoms with E-state index >= 15 is 0 Å². The normalized spacial score (nSPS) is 12.3. The molecule has 3 nitrogen and oxygen atoms in total. The van der Waals surface area contributed by atoms with E-state index in [0.717, 1.165) is 9.75 Å². The lowest BCUT2D eigenvalue weighted by Gasteiger charge is -2.15. The van der Waals surface area contributed by atoms with Crippen molar-refractivity contribution in [1.29, 1.82) is 0 Å². The fourth-order valence-electron chi connectivity index (χ4n) is 1.83. The van der Waals surface area contributed by atoms with Crippen molar-refractivity contribution in [1.82, 2.24) is 0 Å². The Hall–Kier alpha value is -0.710. The van der Waals surface area contributed by atoms with Crippen LogP contribution in [0.15, 0.2) is 29.6 Å². The van der Waals surface area contributed by atoms with Crippen LogP contribution in [0.5, 0.6) is 0 Å². The fourth-order valence-corrected chi connectivity index (χ4v) is 5.42. The van der Waals surface area contributed by atoms with Crippen LogP contribution in [0.1, 0.15) is 28.5 Å². The summed E-state index contributed by atoms with van der Waals surface area (Å²) in [6, 6.07) is 8.13. The molecule has 0 amide bonds.